The number of hydrogen-bond donors (Lipinski definition) is 1. The number of sulfonamides is 1. The van der Waals surface area contributed by atoms with Gasteiger partial charge in [0.25, 0.3) is 10.0 Å². The van der Waals surface area contributed by atoms with Crippen molar-refractivity contribution in [2.24, 2.45) is 0 Å². The second kappa shape index (κ2) is 11.9. The average molecular weight is 589 g/mol. The lowest BCUT2D eigenvalue weighted by Crippen LogP contribution is -2.38. The molecule has 0 saturated carbocycles. The summed E-state index contributed by atoms with van der Waals surface area (Å²) in [7, 11) is -4.09. The van der Waals surface area contributed by atoms with Crippen LogP contribution in [0.5, 0.6) is 0 Å². The van der Waals surface area contributed by atoms with E-state index in [2.05, 4.69) is 26.1 Å². The number of amides is 1. The molecule has 0 fully saturated rings. The maximum Gasteiger partial charge on any atom is 0.264 e. The van der Waals surface area contributed by atoms with Gasteiger partial charge in [-0.05, 0) is 72.9 Å². The molecule has 0 atom stereocenters. The highest BCUT2D eigenvalue weighted by Gasteiger charge is 2.28. The average Bonchev–Trinajstić information content (AvgIpc) is 2.91. The van der Waals surface area contributed by atoms with Crippen molar-refractivity contribution in [2.45, 2.75) is 44.9 Å². The van der Waals surface area contributed by atoms with Gasteiger partial charge in [-0.25, -0.2) is 8.42 Å². The molecule has 0 aliphatic rings. The van der Waals surface area contributed by atoms with Crippen LogP contribution in [0.1, 0.15) is 53.4 Å². The van der Waals surface area contributed by atoms with E-state index in [1.807, 2.05) is 19.1 Å². The van der Waals surface area contributed by atoms with Gasteiger partial charge in [0.15, 0.2) is 5.78 Å². The van der Waals surface area contributed by atoms with Crippen LogP contribution in [0.3, 0.4) is 0 Å². The van der Waals surface area contributed by atoms with E-state index in [0.717, 1.165) is 15.4 Å². The zero-order valence-electron chi connectivity index (χ0n) is 23.7. The fourth-order valence-corrected chi connectivity index (χ4v) is 6.11. The molecule has 4 rings (SSSR count). The number of benzene rings is 4. The van der Waals surface area contributed by atoms with Crippen molar-refractivity contribution in [3.63, 3.8) is 0 Å². The molecule has 0 aliphatic carbocycles. The predicted molar refractivity (Wildman–Crippen MR) is 166 cm³/mol. The molecule has 8 heteroatoms. The lowest BCUT2D eigenvalue weighted by atomic mass is 9.86. The Labute approximate surface area is 247 Å². The number of carbonyl (C=O) groups excluding carboxylic acids is 2. The molecule has 6 nitrogen and oxygen atoms in total. The molecule has 0 bridgehead atoms. The summed E-state index contributed by atoms with van der Waals surface area (Å²) in [6, 6.07) is 25.4. The van der Waals surface area contributed by atoms with Gasteiger partial charge in [0.1, 0.15) is 6.54 Å². The van der Waals surface area contributed by atoms with E-state index in [9.17, 15) is 18.0 Å². The third-order valence-corrected chi connectivity index (χ3v) is 8.75. The Bertz CT molecular complexity index is 1690. The van der Waals surface area contributed by atoms with Crippen LogP contribution in [0.2, 0.25) is 5.02 Å². The number of halogens is 1. The minimum atomic E-state index is -4.09. The van der Waals surface area contributed by atoms with Crippen LogP contribution in [0.15, 0.2) is 95.9 Å². The molecular formula is C33H33ClN2O4S. The quantitative estimate of drug-likeness (QED) is 0.219. The summed E-state index contributed by atoms with van der Waals surface area (Å²) in [5.74, 6) is -0.740. The standard InChI is InChI=1S/C33H33ClN2O4S/c1-22-9-16-29(17-10-22)41(39,40)36(30-18-15-27(34)19-23(30)2)21-31(37)35-28-8-6-7-25(20-28)32(38)24-11-13-26(14-12-24)33(3,4)5/h6-20H,21H2,1-5H3,(H,35,37). The minimum absolute atomic E-state index is 0.0306. The Morgan fingerprint density at radius 1 is 0.829 bits per heavy atom. The first-order valence-corrected chi connectivity index (χ1v) is 15.0. The smallest absolute Gasteiger partial charge is 0.264 e. The number of anilines is 2. The number of carbonyl (C=O) groups is 2. The van der Waals surface area contributed by atoms with Gasteiger partial charge in [-0.3, -0.25) is 13.9 Å². The van der Waals surface area contributed by atoms with Crippen LogP contribution in [0.4, 0.5) is 11.4 Å². The first-order chi connectivity index (χ1) is 19.3. The summed E-state index contributed by atoms with van der Waals surface area (Å²) >= 11 is 6.12. The highest BCUT2D eigenvalue weighted by Crippen LogP contribution is 2.29. The van der Waals surface area contributed by atoms with Crippen LogP contribution in [-0.4, -0.2) is 26.7 Å². The molecular weight excluding hydrogens is 556 g/mol. The van der Waals surface area contributed by atoms with Crippen molar-refractivity contribution < 1.29 is 18.0 Å². The van der Waals surface area contributed by atoms with Crippen LogP contribution in [-0.2, 0) is 20.2 Å². The van der Waals surface area contributed by atoms with Gasteiger partial charge < -0.3 is 5.32 Å². The molecule has 0 aliphatic heterocycles. The van der Waals surface area contributed by atoms with E-state index in [-0.39, 0.29) is 16.1 Å². The van der Waals surface area contributed by atoms with Crippen molar-refractivity contribution >= 4 is 44.7 Å². The summed E-state index contributed by atoms with van der Waals surface area (Å²) in [4.78, 5) is 26.5. The van der Waals surface area contributed by atoms with Crippen molar-refractivity contribution in [1.29, 1.82) is 0 Å². The fourth-order valence-electron chi connectivity index (χ4n) is 4.39. The van der Waals surface area contributed by atoms with Gasteiger partial charge in [0.2, 0.25) is 5.91 Å². The topological polar surface area (TPSA) is 83.6 Å². The third kappa shape index (κ3) is 7.04. The number of rotatable bonds is 8. The molecule has 212 valence electrons. The summed E-state index contributed by atoms with van der Waals surface area (Å²) in [5.41, 5.74) is 4.27. The van der Waals surface area contributed by atoms with E-state index < -0.39 is 22.5 Å². The zero-order chi connectivity index (χ0) is 29.9. The molecule has 0 saturated heterocycles. The van der Waals surface area contributed by atoms with Crippen molar-refractivity contribution in [2.75, 3.05) is 16.2 Å². The molecule has 4 aromatic rings. The monoisotopic (exact) mass is 588 g/mol. The molecule has 0 spiro atoms. The number of aryl methyl sites for hydroxylation is 2. The van der Waals surface area contributed by atoms with E-state index >= 15 is 0 Å². The van der Waals surface area contributed by atoms with E-state index in [1.165, 1.54) is 12.1 Å². The molecule has 1 amide bonds. The molecule has 0 unspecified atom stereocenters. The van der Waals surface area contributed by atoms with Crippen LogP contribution < -0.4 is 9.62 Å². The van der Waals surface area contributed by atoms with E-state index in [4.69, 9.17) is 11.6 Å². The number of ketones is 1. The summed E-state index contributed by atoms with van der Waals surface area (Å²) < 4.78 is 28.5. The minimum Gasteiger partial charge on any atom is -0.324 e. The third-order valence-electron chi connectivity index (χ3n) is 6.75. The van der Waals surface area contributed by atoms with Crippen LogP contribution in [0, 0.1) is 13.8 Å². The predicted octanol–water partition coefficient (Wildman–Crippen LogP) is 7.32. The van der Waals surface area contributed by atoms with Gasteiger partial charge in [0.05, 0.1) is 10.6 Å². The first kappa shape index (κ1) is 30.0. The Kier molecular flexibility index (Phi) is 8.71. The molecule has 1 N–H and O–H groups in total. The van der Waals surface area contributed by atoms with Crippen LogP contribution in [0.25, 0.3) is 0 Å². The van der Waals surface area contributed by atoms with Crippen molar-refractivity contribution in [1.82, 2.24) is 0 Å². The van der Waals surface area contributed by atoms with Gasteiger partial charge in [0, 0.05) is 21.8 Å². The van der Waals surface area contributed by atoms with Gasteiger partial charge in [-0.1, -0.05) is 86.5 Å². The molecule has 0 heterocycles. The Morgan fingerprint density at radius 3 is 2.10 bits per heavy atom. The zero-order valence-corrected chi connectivity index (χ0v) is 25.3. The summed E-state index contributed by atoms with van der Waals surface area (Å²) in [5, 5.41) is 3.21. The number of hydrogen-bond acceptors (Lipinski definition) is 4. The van der Waals surface area contributed by atoms with Crippen molar-refractivity contribution in [3.05, 3.63) is 124 Å². The SMILES string of the molecule is Cc1ccc(S(=O)(=O)N(CC(=O)Nc2cccc(C(=O)c3ccc(C(C)(C)C)cc3)c2)c2ccc(Cl)cc2C)cc1. The Morgan fingerprint density at radius 2 is 1.49 bits per heavy atom. The molecule has 0 aromatic heterocycles. The number of nitrogens with zero attached hydrogens (tertiary/aromatic N) is 1. The maximum atomic E-state index is 13.7. The summed E-state index contributed by atoms with van der Waals surface area (Å²) in [6.45, 7) is 9.45. The van der Waals surface area contributed by atoms with E-state index in [1.54, 1.807) is 73.7 Å². The highest BCUT2D eigenvalue weighted by molar-refractivity contribution is 7.92. The Hall–Kier alpha value is -3.94. The van der Waals surface area contributed by atoms with E-state index in [0.29, 0.717) is 33.1 Å². The Balaban J connectivity index is 1.59. The molecule has 4 aromatic carbocycles. The lowest BCUT2D eigenvalue weighted by Gasteiger charge is -2.26. The normalized spacial score (nSPS) is 11.7. The van der Waals surface area contributed by atoms with Crippen LogP contribution >= 0.6 is 11.6 Å². The second-order valence-corrected chi connectivity index (χ2v) is 13.3. The van der Waals surface area contributed by atoms with Gasteiger partial charge >= 0.3 is 0 Å². The fraction of sp³-hybridized carbons (Fsp3) is 0.212. The van der Waals surface area contributed by atoms with Crippen molar-refractivity contribution in [3.8, 4) is 0 Å². The maximum absolute atomic E-state index is 13.7. The summed E-state index contributed by atoms with van der Waals surface area (Å²) in [6.07, 6.45) is 0. The highest BCUT2D eigenvalue weighted by atomic mass is 35.5. The lowest BCUT2D eigenvalue weighted by molar-refractivity contribution is -0.114. The number of nitrogens with one attached hydrogen (secondary N) is 1. The van der Waals surface area contributed by atoms with Gasteiger partial charge in [-0.15, -0.1) is 0 Å². The largest absolute Gasteiger partial charge is 0.324 e. The second-order valence-electron chi connectivity index (χ2n) is 11.0. The molecule has 0 radical (unpaired) electrons. The first-order valence-electron chi connectivity index (χ1n) is 13.2. The van der Waals surface area contributed by atoms with Gasteiger partial charge in [-0.2, -0.15) is 0 Å². The molecule has 41 heavy (non-hydrogen) atoms.